The largest absolute Gasteiger partial charge is 0.480 e. The summed E-state index contributed by atoms with van der Waals surface area (Å²) in [6.45, 7) is 9.18. The van der Waals surface area contributed by atoms with E-state index in [9.17, 15) is 19.5 Å². The normalized spacial score (nSPS) is 12.4. The number of pyridine rings is 1. The molecular formula is C17H25N3O4. The van der Waals surface area contributed by atoms with Crippen LogP contribution in [0.15, 0.2) is 18.3 Å². The van der Waals surface area contributed by atoms with Gasteiger partial charge in [0.1, 0.15) is 11.7 Å². The van der Waals surface area contributed by atoms with Crippen molar-refractivity contribution in [2.45, 2.75) is 46.1 Å². The zero-order valence-corrected chi connectivity index (χ0v) is 14.8. The Labute approximate surface area is 142 Å². The molecule has 0 spiro atoms. The van der Waals surface area contributed by atoms with Crippen molar-refractivity contribution in [1.82, 2.24) is 15.2 Å². The van der Waals surface area contributed by atoms with Crippen LogP contribution in [0.5, 0.6) is 0 Å². The smallest absolute Gasteiger partial charge is 0.326 e. The fraction of sp³-hybridized carbons (Fsp3) is 0.529. The summed E-state index contributed by atoms with van der Waals surface area (Å²) >= 11 is 0. The predicted molar refractivity (Wildman–Crippen MR) is 89.8 cm³/mol. The molecule has 1 rings (SSSR count). The number of carbonyl (C=O) groups is 3. The number of rotatable bonds is 6. The lowest BCUT2D eigenvalue weighted by Crippen LogP contribution is -2.47. The number of nitrogens with zero attached hydrogens (tertiary/aromatic N) is 2. The van der Waals surface area contributed by atoms with E-state index in [1.165, 1.54) is 18.7 Å². The standard InChI is InChI=1S/C17H25N3O4/c1-11(16(23)24)20(9-8-18-12(2)21)15(22)14-7-6-13(10-19-14)17(3,4)5/h6-7,10-11H,8-9H2,1-5H3,(H,18,21)(H,23,24). The summed E-state index contributed by atoms with van der Waals surface area (Å²) in [5.41, 5.74) is 1.07. The lowest BCUT2D eigenvalue weighted by molar-refractivity contribution is -0.141. The van der Waals surface area contributed by atoms with Gasteiger partial charge in [0, 0.05) is 26.2 Å². The molecule has 2 amide bonds. The highest BCUT2D eigenvalue weighted by Crippen LogP contribution is 2.21. The average molecular weight is 335 g/mol. The summed E-state index contributed by atoms with van der Waals surface area (Å²) in [4.78, 5) is 40.2. The molecule has 0 aromatic carbocycles. The fourth-order valence-electron chi connectivity index (χ4n) is 2.07. The van der Waals surface area contributed by atoms with Crippen LogP contribution < -0.4 is 5.32 Å². The third-order valence-electron chi connectivity index (χ3n) is 3.66. The maximum Gasteiger partial charge on any atom is 0.326 e. The summed E-state index contributed by atoms with van der Waals surface area (Å²) < 4.78 is 0. The van der Waals surface area contributed by atoms with Gasteiger partial charge in [-0.3, -0.25) is 14.6 Å². The van der Waals surface area contributed by atoms with Crippen molar-refractivity contribution < 1.29 is 19.5 Å². The van der Waals surface area contributed by atoms with Crippen LogP contribution in [0.25, 0.3) is 0 Å². The van der Waals surface area contributed by atoms with Crippen molar-refractivity contribution >= 4 is 17.8 Å². The van der Waals surface area contributed by atoms with Gasteiger partial charge in [-0.05, 0) is 24.0 Å². The maximum absolute atomic E-state index is 12.6. The summed E-state index contributed by atoms with van der Waals surface area (Å²) in [7, 11) is 0. The van der Waals surface area contributed by atoms with Crippen molar-refractivity contribution in [2.24, 2.45) is 0 Å². The first kappa shape index (κ1) is 19.6. The van der Waals surface area contributed by atoms with Gasteiger partial charge in [0.05, 0.1) is 0 Å². The van der Waals surface area contributed by atoms with E-state index in [4.69, 9.17) is 0 Å². The number of carbonyl (C=O) groups excluding carboxylic acids is 2. The molecule has 0 aliphatic heterocycles. The van der Waals surface area contributed by atoms with Gasteiger partial charge in [-0.25, -0.2) is 4.79 Å². The maximum atomic E-state index is 12.6. The minimum absolute atomic E-state index is 0.0893. The molecule has 1 aromatic rings. The molecule has 1 aromatic heterocycles. The van der Waals surface area contributed by atoms with E-state index in [1.54, 1.807) is 12.3 Å². The highest BCUT2D eigenvalue weighted by molar-refractivity contribution is 5.95. The first-order valence-electron chi connectivity index (χ1n) is 7.78. The highest BCUT2D eigenvalue weighted by atomic mass is 16.4. The van der Waals surface area contributed by atoms with Crippen molar-refractivity contribution in [3.63, 3.8) is 0 Å². The van der Waals surface area contributed by atoms with Crippen molar-refractivity contribution in [3.05, 3.63) is 29.6 Å². The molecule has 1 atom stereocenters. The minimum atomic E-state index is -1.11. The molecule has 132 valence electrons. The number of carboxylic acid groups (broad SMARTS) is 1. The summed E-state index contributed by atoms with van der Waals surface area (Å²) in [5, 5.41) is 11.8. The summed E-state index contributed by atoms with van der Waals surface area (Å²) in [6, 6.07) is 2.40. The number of aliphatic carboxylic acids is 1. The summed E-state index contributed by atoms with van der Waals surface area (Å²) in [6.07, 6.45) is 1.63. The molecule has 7 nitrogen and oxygen atoms in total. The second-order valence-electron chi connectivity index (χ2n) is 6.68. The predicted octanol–water partition coefficient (Wildman–Crippen LogP) is 1.43. The van der Waals surface area contributed by atoms with Crippen LogP contribution in [0, 0.1) is 0 Å². The van der Waals surface area contributed by atoms with Crippen LogP contribution in [-0.4, -0.2) is 51.9 Å². The molecule has 0 saturated carbocycles. The van der Waals surface area contributed by atoms with Gasteiger partial charge in [0.15, 0.2) is 0 Å². The molecule has 7 heteroatoms. The van der Waals surface area contributed by atoms with Crippen LogP contribution in [0.4, 0.5) is 0 Å². The van der Waals surface area contributed by atoms with Crippen molar-refractivity contribution in [3.8, 4) is 0 Å². The molecular weight excluding hydrogens is 310 g/mol. The van der Waals surface area contributed by atoms with Gasteiger partial charge in [-0.2, -0.15) is 0 Å². The lowest BCUT2D eigenvalue weighted by atomic mass is 9.88. The molecule has 0 aliphatic rings. The van der Waals surface area contributed by atoms with E-state index in [-0.39, 0.29) is 30.1 Å². The average Bonchev–Trinajstić information content (AvgIpc) is 2.49. The molecule has 0 saturated heterocycles. The highest BCUT2D eigenvalue weighted by Gasteiger charge is 2.27. The van der Waals surface area contributed by atoms with E-state index in [2.05, 4.69) is 10.3 Å². The Bertz CT molecular complexity index is 605. The topological polar surface area (TPSA) is 99.6 Å². The van der Waals surface area contributed by atoms with Crippen LogP contribution in [0.1, 0.15) is 50.7 Å². The van der Waals surface area contributed by atoms with Gasteiger partial charge in [-0.1, -0.05) is 26.8 Å². The Morgan fingerprint density at radius 3 is 2.33 bits per heavy atom. The van der Waals surface area contributed by atoms with Crippen LogP contribution in [0.2, 0.25) is 0 Å². The van der Waals surface area contributed by atoms with Crippen LogP contribution in [0.3, 0.4) is 0 Å². The number of carboxylic acids is 1. The molecule has 0 bridgehead atoms. The number of hydrogen-bond acceptors (Lipinski definition) is 4. The van der Waals surface area contributed by atoms with Gasteiger partial charge >= 0.3 is 5.97 Å². The molecule has 1 heterocycles. The molecule has 24 heavy (non-hydrogen) atoms. The zero-order valence-electron chi connectivity index (χ0n) is 14.8. The molecule has 2 N–H and O–H groups in total. The molecule has 1 unspecified atom stereocenters. The number of hydrogen-bond donors (Lipinski definition) is 2. The molecule has 0 radical (unpaired) electrons. The van der Waals surface area contributed by atoms with Gasteiger partial charge < -0.3 is 15.3 Å². The van der Waals surface area contributed by atoms with Gasteiger partial charge in [0.2, 0.25) is 5.91 Å². The number of amides is 2. The quantitative estimate of drug-likeness (QED) is 0.819. The second kappa shape index (κ2) is 7.90. The number of nitrogens with one attached hydrogen (secondary N) is 1. The Morgan fingerprint density at radius 2 is 1.92 bits per heavy atom. The van der Waals surface area contributed by atoms with E-state index in [0.717, 1.165) is 5.56 Å². The third-order valence-corrected chi connectivity index (χ3v) is 3.66. The molecule has 0 fully saturated rings. The first-order valence-corrected chi connectivity index (χ1v) is 7.78. The third kappa shape index (κ3) is 5.33. The van der Waals surface area contributed by atoms with E-state index >= 15 is 0 Å². The monoisotopic (exact) mass is 335 g/mol. The second-order valence-corrected chi connectivity index (χ2v) is 6.68. The van der Waals surface area contributed by atoms with Crippen LogP contribution in [-0.2, 0) is 15.0 Å². The van der Waals surface area contributed by atoms with E-state index in [0.29, 0.717) is 0 Å². The van der Waals surface area contributed by atoms with E-state index < -0.39 is 17.9 Å². The number of aromatic nitrogens is 1. The Kier molecular flexibility index (Phi) is 6.45. The minimum Gasteiger partial charge on any atom is -0.480 e. The Hall–Kier alpha value is -2.44. The lowest BCUT2D eigenvalue weighted by Gasteiger charge is -2.26. The van der Waals surface area contributed by atoms with Gasteiger partial charge in [0.25, 0.3) is 5.91 Å². The Morgan fingerprint density at radius 1 is 1.29 bits per heavy atom. The SMILES string of the molecule is CC(=O)NCCN(C(=O)c1ccc(C(C)(C)C)cn1)C(C)C(=O)O. The zero-order chi connectivity index (χ0) is 18.5. The van der Waals surface area contributed by atoms with Crippen LogP contribution >= 0.6 is 0 Å². The summed E-state index contributed by atoms with van der Waals surface area (Å²) in [5.74, 6) is -1.83. The van der Waals surface area contributed by atoms with Crippen molar-refractivity contribution in [1.29, 1.82) is 0 Å². The molecule has 0 aliphatic carbocycles. The van der Waals surface area contributed by atoms with E-state index in [1.807, 2.05) is 26.8 Å². The van der Waals surface area contributed by atoms with Gasteiger partial charge in [-0.15, -0.1) is 0 Å². The fourth-order valence-corrected chi connectivity index (χ4v) is 2.07. The Balaban J connectivity index is 2.97. The first-order chi connectivity index (χ1) is 11.0. The van der Waals surface area contributed by atoms with Crippen molar-refractivity contribution in [2.75, 3.05) is 13.1 Å².